The maximum Gasteiger partial charge on any atom is 0.333 e. The van der Waals surface area contributed by atoms with Crippen LogP contribution in [0.15, 0.2) is 24.3 Å². The first kappa shape index (κ1) is 18.5. The van der Waals surface area contributed by atoms with Gasteiger partial charge < -0.3 is 18.9 Å². The highest BCUT2D eigenvalue weighted by Gasteiger charge is 2.11. The molecule has 1 unspecified atom stereocenters. The van der Waals surface area contributed by atoms with Crippen molar-refractivity contribution in [3.05, 3.63) is 29.8 Å². The zero-order valence-electron chi connectivity index (χ0n) is 13.8. The summed E-state index contributed by atoms with van der Waals surface area (Å²) in [6.07, 6.45) is 2.88. The van der Waals surface area contributed by atoms with Gasteiger partial charge in [-0.05, 0) is 30.2 Å². The van der Waals surface area contributed by atoms with Crippen LogP contribution in [0.2, 0.25) is 0 Å². The molecule has 0 amide bonds. The topological polar surface area (TPSA) is 71.1 Å². The van der Waals surface area contributed by atoms with Gasteiger partial charge in [0.1, 0.15) is 0 Å². The lowest BCUT2D eigenvalue weighted by molar-refractivity contribution is -0.180. The lowest BCUT2D eigenvalue weighted by atomic mass is 10.2. The monoisotopic (exact) mass is 322 g/mol. The molecule has 0 N–H and O–H groups in total. The lowest BCUT2D eigenvalue weighted by Crippen LogP contribution is -2.20. The number of ether oxygens (including phenoxy) is 4. The number of rotatable bonds is 8. The molecular formula is C17H22O6. The van der Waals surface area contributed by atoms with E-state index in [0.29, 0.717) is 24.3 Å². The van der Waals surface area contributed by atoms with Gasteiger partial charge in [-0.25, -0.2) is 4.79 Å². The molecule has 0 saturated heterocycles. The van der Waals surface area contributed by atoms with E-state index in [0.717, 1.165) is 5.56 Å². The Morgan fingerprint density at radius 1 is 1.13 bits per heavy atom. The van der Waals surface area contributed by atoms with Gasteiger partial charge in [-0.2, -0.15) is 0 Å². The molecule has 6 heteroatoms. The number of benzene rings is 1. The number of carbonyl (C=O) groups is 2. The van der Waals surface area contributed by atoms with E-state index in [1.165, 1.54) is 20.1 Å². The number of hydrogen-bond donors (Lipinski definition) is 0. The van der Waals surface area contributed by atoms with Crippen molar-refractivity contribution in [3.63, 3.8) is 0 Å². The summed E-state index contributed by atoms with van der Waals surface area (Å²) in [6, 6.07) is 5.24. The summed E-state index contributed by atoms with van der Waals surface area (Å²) in [5.74, 6) is 0.168. The van der Waals surface area contributed by atoms with Crippen LogP contribution in [0.1, 0.15) is 32.3 Å². The van der Waals surface area contributed by atoms with Crippen molar-refractivity contribution in [1.29, 1.82) is 0 Å². The molecule has 126 valence electrons. The molecule has 1 rings (SSSR count). The van der Waals surface area contributed by atoms with E-state index in [9.17, 15) is 9.59 Å². The van der Waals surface area contributed by atoms with Gasteiger partial charge in [0.15, 0.2) is 11.5 Å². The molecule has 0 aliphatic heterocycles. The first-order valence-electron chi connectivity index (χ1n) is 7.30. The highest BCUT2D eigenvalue weighted by atomic mass is 16.7. The van der Waals surface area contributed by atoms with Crippen molar-refractivity contribution in [3.8, 4) is 11.5 Å². The van der Waals surface area contributed by atoms with Crippen molar-refractivity contribution in [1.82, 2.24) is 0 Å². The highest BCUT2D eigenvalue weighted by Crippen LogP contribution is 2.27. The molecule has 1 aromatic rings. The molecule has 0 aliphatic carbocycles. The zero-order valence-corrected chi connectivity index (χ0v) is 13.8. The number of esters is 2. The van der Waals surface area contributed by atoms with Gasteiger partial charge in [0.25, 0.3) is 0 Å². The largest absolute Gasteiger partial charge is 0.493 e. The third-order valence-corrected chi connectivity index (χ3v) is 2.85. The van der Waals surface area contributed by atoms with Gasteiger partial charge in [0, 0.05) is 19.4 Å². The van der Waals surface area contributed by atoms with Crippen LogP contribution < -0.4 is 9.47 Å². The molecule has 0 bridgehead atoms. The van der Waals surface area contributed by atoms with Gasteiger partial charge in [0.2, 0.25) is 6.29 Å². The first-order valence-corrected chi connectivity index (χ1v) is 7.30. The van der Waals surface area contributed by atoms with Gasteiger partial charge in [-0.15, -0.1) is 0 Å². The summed E-state index contributed by atoms with van der Waals surface area (Å²) in [6.45, 7) is 3.36. The van der Waals surface area contributed by atoms with Crippen LogP contribution in [-0.2, 0) is 19.1 Å². The first-order chi connectivity index (χ1) is 11.0. The fourth-order valence-electron chi connectivity index (χ4n) is 1.80. The van der Waals surface area contributed by atoms with Crippen molar-refractivity contribution in [2.24, 2.45) is 0 Å². The molecular weight excluding hydrogens is 300 g/mol. The van der Waals surface area contributed by atoms with E-state index in [1.807, 2.05) is 6.92 Å². The van der Waals surface area contributed by atoms with Crippen LogP contribution in [0.4, 0.5) is 0 Å². The minimum Gasteiger partial charge on any atom is -0.493 e. The van der Waals surface area contributed by atoms with Crippen LogP contribution in [0.3, 0.4) is 0 Å². The summed E-state index contributed by atoms with van der Waals surface area (Å²) in [7, 11) is 3.08. The molecule has 1 aromatic carbocycles. The summed E-state index contributed by atoms with van der Waals surface area (Å²) in [5.41, 5.74) is 0.746. The van der Waals surface area contributed by atoms with E-state index in [-0.39, 0.29) is 0 Å². The summed E-state index contributed by atoms with van der Waals surface area (Å²) >= 11 is 0. The predicted octanol–water partition coefficient (Wildman–Crippen LogP) is 2.95. The number of carbonyl (C=O) groups excluding carboxylic acids is 2. The molecule has 0 saturated carbocycles. The van der Waals surface area contributed by atoms with Gasteiger partial charge >= 0.3 is 11.9 Å². The summed E-state index contributed by atoms with van der Waals surface area (Å²) in [5, 5.41) is 0. The Morgan fingerprint density at radius 2 is 1.83 bits per heavy atom. The van der Waals surface area contributed by atoms with Crippen LogP contribution in [0, 0.1) is 0 Å². The summed E-state index contributed by atoms with van der Waals surface area (Å²) in [4.78, 5) is 23.0. The molecule has 0 aromatic heterocycles. The van der Waals surface area contributed by atoms with Crippen molar-refractivity contribution >= 4 is 18.0 Å². The second-order valence-electron chi connectivity index (χ2n) is 4.69. The third kappa shape index (κ3) is 6.42. The van der Waals surface area contributed by atoms with Gasteiger partial charge in [-0.1, -0.05) is 13.0 Å². The Balaban J connectivity index is 2.59. The van der Waals surface area contributed by atoms with Crippen LogP contribution in [0.25, 0.3) is 6.08 Å². The van der Waals surface area contributed by atoms with Crippen molar-refractivity contribution < 1.29 is 28.5 Å². The van der Waals surface area contributed by atoms with E-state index in [4.69, 9.17) is 18.9 Å². The molecule has 0 heterocycles. The molecule has 0 fully saturated rings. The van der Waals surface area contributed by atoms with Crippen LogP contribution in [-0.4, -0.2) is 32.4 Å². The summed E-state index contributed by atoms with van der Waals surface area (Å²) < 4.78 is 20.2. The fourth-order valence-corrected chi connectivity index (χ4v) is 1.80. The SMILES string of the molecule is CCCC(=O)OC(C)OC(=O)/C=C/c1ccc(OC)c(OC)c1. The van der Waals surface area contributed by atoms with Gasteiger partial charge in [0.05, 0.1) is 14.2 Å². The van der Waals surface area contributed by atoms with E-state index in [2.05, 4.69) is 0 Å². The maximum atomic E-state index is 11.7. The second-order valence-corrected chi connectivity index (χ2v) is 4.69. The standard InChI is InChI=1S/C17H22O6/c1-5-6-16(18)22-12(2)23-17(19)10-8-13-7-9-14(20-3)15(11-13)21-4/h7-12H,5-6H2,1-4H3/b10-8+. The Morgan fingerprint density at radius 3 is 2.43 bits per heavy atom. The predicted molar refractivity (Wildman–Crippen MR) is 85.1 cm³/mol. The molecule has 0 radical (unpaired) electrons. The maximum absolute atomic E-state index is 11.7. The Kier molecular flexibility index (Phi) is 7.66. The van der Waals surface area contributed by atoms with Crippen LogP contribution in [0.5, 0.6) is 11.5 Å². The zero-order chi connectivity index (χ0) is 17.2. The van der Waals surface area contributed by atoms with E-state index in [1.54, 1.807) is 31.4 Å². The third-order valence-electron chi connectivity index (χ3n) is 2.85. The molecule has 0 aliphatic rings. The minimum absolute atomic E-state index is 0.295. The Labute approximate surface area is 136 Å². The lowest BCUT2D eigenvalue weighted by Gasteiger charge is -2.12. The average Bonchev–Trinajstić information content (AvgIpc) is 2.52. The van der Waals surface area contributed by atoms with Crippen molar-refractivity contribution in [2.45, 2.75) is 33.0 Å². The quantitative estimate of drug-likeness (QED) is 0.416. The Hall–Kier alpha value is -2.50. The van der Waals surface area contributed by atoms with Crippen LogP contribution >= 0.6 is 0 Å². The Bertz CT molecular complexity index is 564. The fraction of sp³-hybridized carbons (Fsp3) is 0.412. The molecule has 6 nitrogen and oxygen atoms in total. The highest BCUT2D eigenvalue weighted by molar-refractivity contribution is 5.87. The number of hydrogen-bond acceptors (Lipinski definition) is 6. The normalized spacial score (nSPS) is 11.8. The average molecular weight is 322 g/mol. The number of methoxy groups -OCH3 is 2. The smallest absolute Gasteiger partial charge is 0.333 e. The van der Waals surface area contributed by atoms with E-state index >= 15 is 0 Å². The molecule has 23 heavy (non-hydrogen) atoms. The molecule has 0 spiro atoms. The van der Waals surface area contributed by atoms with Gasteiger partial charge in [-0.3, -0.25) is 4.79 Å². The second kappa shape index (κ2) is 9.50. The minimum atomic E-state index is -0.920. The van der Waals surface area contributed by atoms with E-state index < -0.39 is 18.2 Å². The van der Waals surface area contributed by atoms with Crippen molar-refractivity contribution in [2.75, 3.05) is 14.2 Å². The molecule has 1 atom stereocenters.